The maximum Gasteiger partial charge on any atom is 0.416 e. The van der Waals surface area contributed by atoms with E-state index in [1.54, 1.807) is 23.1 Å². The molecule has 8 heteroatoms. The van der Waals surface area contributed by atoms with Crippen LogP contribution in [0.1, 0.15) is 11.1 Å². The number of alkyl halides is 3. The summed E-state index contributed by atoms with van der Waals surface area (Å²) in [5, 5.41) is 12.2. The van der Waals surface area contributed by atoms with E-state index in [0.29, 0.717) is 26.2 Å². The van der Waals surface area contributed by atoms with Gasteiger partial charge in [0.05, 0.1) is 12.1 Å². The van der Waals surface area contributed by atoms with Gasteiger partial charge in [-0.2, -0.15) is 13.2 Å². The summed E-state index contributed by atoms with van der Waals surface area (Å²) in [4.78, 5) is 16.0. The molecule has 1 heterocycles. The molecule has 2 N–H and O–H groups in total. The van der Waals surface area contributed by atoms with Crippen molar-refractivity contribution in [2.75, 3.05) is 37.6 Å². The highest BCUT2D eigenvalue weighted by atomic mass is 19.4. The molecule has 1 aliphatic rings. The number of carbonyl (C=O) groups excluding carboxylic acids is 1. The van der Waals surface area contributed by atoms with Gasteiger partial charge in [0.2, 0.25) is 0 Å². The Labute approximate surface area is 166 Å². The van der Waals surface area contributed by atoms with Crippen LogP contribution in [0.5, 0.6) is 5.75 Å². The largest absolute Gasteiger partial charge is 0.508 e. The zero-order chi connectivity index (χ0) is 20.9. The molecule has 0 saturated carbocycles. The maximum absolute atomic E-state index is 12.7. The molecule has 0 atom stereocenters. The lowest BCUT2D eigenvalue weighted by atomic mass is 10.1. The van der Waals surface area contributed by atoms with E-state index in [2.05, 4.69) is 22.1 Å². The number of piperazine rings is 1. The van der Waals surface area contributed by atoms with E-state index >= 15 is 0 Å². The van der Waals surface area contributed by atoms with Crippen LogP contribution in [0, 0.1) is 11.8 Å². The van der Waals surface area contributed by atoms with Gasteiger partial charge in [-0.15, -0.1) is 0 Å². The molecule has 3 rings (SSSR count). The van der Waals surface area contributed by atoms with E-state index in [1.807, 2.05) is 6.07 Å². The minimum Gasteiger partial charge on any atom is -0.508 e. The first-order chi connectivity index (χ1) is 13.8. The highest BCUT2D eigenvalue weighted by Gasteiger charge is 2.30. The quantitative estimate of drug-likeness (QED) is 0.757. The smallest absolute Gasteiger partial charge is 0.416 e. The molecule has 2 amide bonds. The second kappa shape index (κ2) is 8.78. The molecule has 0 unspecified atom stereocenters. The lowest BCUT2D eigenvalue weighted by molar-refractivity contribution is -0.137. The van der Waals surface area contributed by atoms with Gasteiger partial charge in [-0.25, -0.2) is 4.79 Å². The number of nitrogens with one attached hydrogen (secondary N) is 1. The monoisotopic (exact) mass is 403 g/mol. The van der Waals surface area contributed by atoms with Gasteiger partial charge in [0.1, 0.15) is 5.75 Å². The predicted molar refractivity (Wildman–Crippen MR) is 104 cm³/mol. The Morgan fingerprint density at radius 1 is 1.07 bits per heavy atom. The molecule has 1 saturated heterocycles. The number of urea groups is 1. The van der Waals surface area contributed by atoms with Crippen molar-refractivity contribution in [2.45, 2.75) is 6.18 Å². The number of carbonyl (C=O) groups is 1. The van der Waals surface area contributed by atoms with Gasteiger partial charge in [-0.3, -0.25) is 0 Å². The van der Waals surface area contributed by atoms with Crippen LogP contribution in [-0.4, -0.2) is 48.8 Å². The number of hydrogen-bond donors (Lipinski definition) is 2. The van der Waals surface area contributed by atoms with Crippen LogP contribution < -0.4 is 10.2 Å². The van der Waals surface area contributed by atoms with Crippen molar-refractivity contribution >= 4 is 11.7 Å². The number of amides is 2. The molecule has 29 heavy (non-hydrogen) atoms. The first-order valence-corrected chi connectivity index (χ1v) is 9.06. The fourth-order valence-corrected chi connectivity index (χ4v) is 3.01. The number of rotatable bonds is 2. The molecule has 2 aromatic rings. The van der Waals surface area contributed by atoms with Crippen LogP contribution in [0.15, 0.2) is 48.5 Å². The fraction of sp³-hybridized carbons (Fsp3) is 0.286. The van der Waals surface area contributed by atoms with Gasteiger partial charge in [-0.1, -0.05) is 24.0 Å². The molecule has 152 valence electrons. The standard InChI is InChI=1S/C21H20F3N3O2/c22-21(23,24)17-6-1-4-16(14-17)5-3-9-25-20(29)27-12-10-26(11-13-27)18-7-2-8-19(28)15-18/h1-2,4,6-8,14-15,28H,9-13H2,(H,25,29). The van der Waals surface area contributed by atoms with Crippen molar-refractivity contribution < 1.29 is 23.1 Å². The average Bonchev–Trinajstić information content (AvgIpc) is 2.71. The minimum atomic E-state index is -4.41. The number of hydrogen-bond acceptors (Lipinski definition) is 3. The molecule has 1 aliphatic heterocycles. The van der Waals surface area contributed by atoms with Gasteiger partial charge < -0.3 is 20.2 Å². The van der Waals surface area contributed by atoms with Crippen LogP contribution in [0.2, 0.25) is 0 Å². The summed E-state index contributed by atoms with van der Waals surface area (Å²) in [6.45, 7) is 2.34. The van der Waals surface area contributed by atoms with E-state index < -0.39 is 11.7 Å². The Bertz CT molecular complexity index is 926. The van der Waals surface area contributed by atoms with E-state index in [9.17, 15) is 23.1 Å². The Morgan fingerprint density at radius 2 is 1.79 bits per heavy atom. The SMILES string of the molecule is O=C(NCC#Cc1cccc(C(F)(F)F)c1)N1CCN(c2cccc(O)c2)CC1. The van der Waals surface area contributed by atoms with Crippen molar-refractivity contribution in [1.29, 1.82) is 0 Å². The lowest BCUT2D eigenvalue weighted by Gasteiger charge is -2.36. The summed E-state index contributed by atoms with van der Waals surface area (Å²) < 4.78 is 38.1. The third kappa shape index (κ3) is 5.57. The van der Waals surface area contributed by atoms with Crippen LogP contribution in [-0.2, 0) is 6.18 Å². The Kier molecular flexibility index (Phi) is 6.17. The topological polar surface area (TPSA) is 55.8 Å². The molecule has 0 spiro atoms. The number of phenols is 1. The predicted octanol–water partition coefficient (Wildman–Crippen LogP) is 3.29. The number of aromatic hydroxyl groups is 1. The van der Waals surface area contributed by atoms with E-state index in [1.165, 1.54) is 12.1 Å². The highest BCUT2D eigenvalue weighted by molar-refractivity contribution is 5.75. The number of halogens is 3. The van der Waals surface area contributed by atoms with Crippen molar-refractivity contribution in [3.05, 3.63) is 59.7 Å². The van der Waals surface area contributed by atoms with E-state index in [-0.39, 0.29) is 23.9 Å². The molecular formula is C21H20F3N3O2. The van der Waals surface area contributed by atoms with E-state index in [0.717, 1.165) is 17.8 Å². The molecule has 0 radical (unpaired) electrons. The zero-order valence-electron chi connectivity index (χ0n) is 15.5. The molecule has 0 aliphatic carbocycles. The third-order valence-electron chi connectivity index (χ3n) is 4.51. The Morgan fingerprint density at radius 3 is 2.48 bits per heavy atom. The summed E-state index contributed by atoms with van der Waals surface area (Å²) in [6.07, 6.45) is -4.41. The van der Waals surface area contributed by atoms with E-state index in [4.69, 9.17) is 0 Å². The number of benzene rings is 2. The van der Waals surface area contributed by atoms with Gasteiger partial charge in [0.25, 0.3) is 0 Å². The summed E-state index contributed by atoms with van der Waals surface area (Å²) >= 11 is 0. The van der Waals surface area contributed by atoms with Crippen LogP contribution in [0.25, 0.3) is 0 Å². The average molecular weight is 403 g/mol. The molecule has 5 nitrogen and oxygen atoms in total. The Balaban J connectivity index is 1.47. The summed E-state index contributed by atoms with van der Waals surface area (Å²) in [7, 11) is 0. The molecule has 0 bridgehead atoms. The van der Waals surface area contributed by atoms with Gasteiger partial charge in [-0.05, 0) is 30.3 Å². The van der Waals surface area contributed by atoms with Crippen molar-refractivity contribution in [3.63, 3.8) is 0 Å². The minimum absolute atomic E-state index is 0.0435. The normalized spacial score (nSPS) is 14.2. The first-order valence-electron chi connectivity index (χ1n) is 9.06. The third-order valence-corrected chi connectivity index (χ3v) is 4.51. The van der Waals surface area contributed by atoms with Crippen molar-refractivity contribution in [2.24, 2.45) is 0 Å². The highest BCUT2D eigenvalue weighted by Crippen LogP contribution is 2.29. The zero-order valence-corrected chi connectivity index (χ0v) is 15.5. The van der Waals surface area contributed by atoms with Crippen LogP contribution in [0.3, 0.4) is 0 Å². The van der Waals surface area contributed by atoms with Gasteiger partial charge in [0, 0.05) is 43.5 Å². The fourth-order valence-electron chi connectivity index (χ4n) is 3.01. The lowest BCUT2D eigenvalue weighted by Crippen LogP contribution is -2.51. The molecule has 2 aromatic carbocycles. The molecule has 0 aromatic heterocycles. The summed E-state index contributed by atoms with van der Waals surface area (Å²) in [5.41, 5.74) is 0.392. The van der Waals surface area contributed by atoms with Crippen molar-refractivity contribution in [1.82, 2.24) is 10.2 Å². The van der Waals surface area contributed by atoms with Crippen molar-refractivity contribution in [3.8, 4) is 17.6 Å². The maximum atomic E-state index is 12.7. The van der Waals surface area contributed by atoms with Gasteiger partial charge >= 0.3 is 12.2 Å². The Hall–Kier alpha value is -3.34. The number of anilines is 1. The molecule has 1 fully saturated rings. The van der Waals surface area contributed by atoms with Crippen LogP contribution >= 0.6 is 0 Å². The van der Waals surface area contributed by atoms with Gasteiger partial charge in [0.15, 0.2) is 0 Å². The van der Waals surface area contributed by atoms with Crippen LogP contribution in [0.4, 0.5) is 23.7 Å². The second-order valence-electron chi connectivity index (χ2n) is 6.53. The summed E-state index contributed by atoms with van der Waals surface area (Å²) in [5.74, 6) is 5.51. The second-order valence-corrected chi connectivity index (χ2v) is 6.53. The number of phenolic OH excluding ortho intramolecular Hbond substituents is 1. The molecular weight excluding hydrogens is 383 g/mol. The first kappa shape index (κ1) is 20.4. The summed E-state index contributed by atoms with van der Waals surface area (Å²) in [6, 6.07) is 11.5. The number of nitrogens with zero attached hydrogens (tertiary/aromatic N) is 2.